The van der Waals surface area contributed by atoms with Crippen molar-refractivity contribution in [3.63, 3.8) is 0 Å². The quantitative estimate of drug-likeness (QED) is 0.654. The third-order valence-corrected chi connectivity index (χ3v) is 3.94. The zero-order chi connectivity index (χ0) is 10.5. The van der Waals surface area contributed by atoms with Crippen molar-refractivity contribution in [3.8, 4) is 12.1 Å². The molecular formula is C7H11N3O2S. The van der Waals surface area contributed by atoms with Gasteiger partial charge in [-0.05, 0) is 13.3 Å². The molecular weight excluding hydrogens is 190 g/mol. The van der Waals surface area contributed by atoms with E-state index in [0.29, 0.717) is 0 Å². The van der Waals surface area contributed by atoms with Gasteiger partial charge in [-0.3, -0.25) is 0 Å². The lowest BCUT2D eigenvalue weighted by Gasteiger charge is -2.18. The van der Waals surface area contributed by atoms with Crippen LogP contribution in [0, 0.1) is 22.7 Å². The summed E-state index contributed by atoms with van der Waals surface area (Å²) < 4.78 is 23.4. The first-order chi connectivity index (χ1) is 5.93. The summed E-state index contributed by atoms with van der Waals surface area (Å²) in [5.41, 5.74) is 0. The van der Waals surface area contributed by atoms with Crippen LogP contribution in [0.25, 0.3) is 0 Å². The molecule has 0 aliphatic heterocycles. The molecule has 0 bridgehead atoms. The Balaban J connectivity index is 4.86. The van der Waals surface area contributed by atoms with E-state index in [0.717, 1.165) is 0 Å². The number of rotatable bonds is 4. The van der Waals surface area contributed by atoms with Gasteiger partial charge in [-0.2, -0.15) is 15.2 Å². The highest BCUT2D eigenvalue weighted by atomic mass is 32.2. The molecule has 0 saturated carbocycles. The van der Waals surface area contributed by atoms with E-state index >= 15 is 0 Å². The summed E-state index contributed by atoms with van der Waals surface area (Å²) in [6.45, 7) is 2.63. The lowest BCUT2D eigenvalue weighted by molar-refractivity contribution is 0.550. The molecule has 1 N–H and O–H groups in total. The number of sulfonamides is 1. The van der Waals surface area contributed by atoms with E-state index in [4.69, 9.17) is 10.5 Å². The predicted octanol–water partition coefficient (Wildman–Crippen LogP) is 0.122. The molecule has 0 rings (SSSR count). The van der Waals surface area contributed by atoms with Crippen LogP contribution in [0.4, 0.5) is 0 Å². The van der Waals surface area contributed by atoms with Gasteiger partial charge in [0.15, 0.2) is 4.75 Å². The Morgan fingerprint density at radius 2 is 2.00 bits per heavy atom. The van der Waals surface area contributed by atoms with Crippen LogP contribution in [-0.4, -0.2) is 19.7 Å². The Labute approximate surface area is 78.0 Å². The normalized spacial score (nSPS) is 15.4. The number of hydrogen-bond donors (Lipinski definition) is 1. The first kappa shape index (κ1) is 11.9. The number of nitrogens with one attached hydrogen (secondary N) is 1. The molecule has 0 radical (unpaired) electrons. The SMILES string of the molecule is CCC(C)(C#N)S(=O)(=O)NCC#N. The van der Waals surface area contributed by atoms with Crippen molar-refractivity contribution in [2.45, 2.75) is 25.0 Å². The van der Waals surface area contributed by atoms with Crippen LogP contribution in [0.1, 0.15) is 20.3 Å². The molecule has 72 valence electrons. The van der Waals surface area contributed by atoms with Gasteiger partial charge in [0.25, 0.3) is 0 Å². The molecule has 13 heavy (non-hydrogen) atoms. The molecule has 1 atom stereocenters. The van der Waals surface area contributed by atoms with Crippen molar-refractivity contribution in [3.05, 3.63) is 0 Å². The van der Waals surface area contributed by atoms with Gasteiger partial charge >= 0.3 is 0 Å². The van der Waals surface area contributed by atoms with Crippen molar-refractivity contribution in [2.24, 2.45) is 0 Å². The summed E-state index contributed by atoms with van der Waals surface area (Å²) in [4.78, 5) is 0. The average Bonchev–Trinajstić information content (AvgIpc) is 2.13. The second-order valence-electron chi connectivity index (χ2n) is 2.68. The summed E-state index contributed by atoms with van der Waals surface area (Å²) in [6, 6.07) is 3.36. The Kier molecular flexibility index (Phi) is 3.86. The maximum absolute atomic E-state index is 11.4. The van der Waals surface area contributed by atoms with E-state index in [1.807, 2.05) is 4.72 Å². The van der Waals surface area contributed by atoms with Crippen LogP contribution in [0.15, 0.2) is 0 Å². The topological polar surface area (TPSA) is 93.8 Å². The molecule has 0 aromatic heterocycles. The smallest absolute Gasteiger partial charge is 0.211 e. The fraction of sp³-hybridized carbons (Fsp3) is 0.714. The maximum atomic E-state index is 11.4. The van der Waals surface area contributed by atoms with Gasteiger partial charge in [0.05, 0.1) is 18.7 Å². The largest absolute Gasteiger partial charge is 0.231 e. The first-order valence-corrected chi connectivity index (χ1v) is 5.19. The van der Waals surface area contributed by atoms with Crippen LogP contribution in [-0.2, 0) is 10.0 Å². The molecule has 1 unspecified atom stereocenters. The molecule has 6 heteroatoms. The predicted molar refractivity (Wildman–Crippen MR) is 46.8 cm³/mol. The van der Waals surface area contributed by atoms with Crippen LogP contribution in [0.3, 0.4) is 0 Å². The summed E-state index contributed by atoms with van der Waals surface area (Å²) in [6.07, 6.45) is 0.185. The van der Waals surface area contributed by atoms with Crippen molar-refractivity contribution in [1.29, 1.82) is 10.5 Å². The molecule has 0 aliphatic carbocycles. The fourth-order valence-corrected chi connectivity index (χ4v) is 1.69. The molecule has 0 spiro atoms. The van der Waals surface area contributed by atoms with Gasteiger partial charge in [-0.25, -0.2) is 8.42 Å². The molecule has 0 aromatic carbocycles. The molecule has 0 aromatic rings. The summed E-state index contributed by atoms with van der Waals surface area (Å²) >= 11 is 0. The monoisotopic (exact) mass is 201 g/mol. The van der Waals surface area contributed by atoms with Crippen LogP contribution < -0.4 is 4.72 Å². The zero-order valence-electron chi connectivity index (χ0n) is 7.53. The van der Waals surface area contributed by atoms with Gasteiger partial charge in [0, 0.05) is 0 Å². The highest BCUT2D eigenvalue weighted by Gasteiger charge is 2.37. The second-order valence-corrected chi connectivity index (χ2v) is 4.88. The number of nitrogens with zero attached hydrogens (tertiary/aromatic N) is 2. The molecule has 0 fully saturated rings. The minimum absolute atomic E-state index is 0.185. The summed E-state index contributed by atoms with van der Waals surface area (Å²) in [7, 11) is -3.72. The van der Waals surface area contributed by atoms with Gasteiger partial charge in [0.1, 0.15) is 0 Å². The lowest BCUT2D eigenvalue weighted by Crippen LogP contribution is -2.42. The third-order valence-electron chi connectivity index (χ3n) is 1.85. The minimum Gasteiger partial charge on any atom is -0.211 e. The van der Waals surface area contributed by atoms with Crippen molar-refractivity contribution in [1.82, 2.24) is 4.72 Å². The van der Waals surface area contributed by atoms with E-state index in [2.05, 4.69) is 0 Å². The zero-order valence-corrected chi connectivity index (χ0v) is 8.35. The Morgan fingerprint density at radius 1 is 1.46 bits per heavy atom. The van der Waals surface area contributed by atoms with E-state index in [-0.39, 0.29) is 13.0 Å². The highest BCUT2D eigenvalue weighted by molar-refractivity contribution is 7.91. The third kappa shape index (κ3) is 2.41. The van der Waals surface area contributed by atoms with Crippen molar-refractivity contribution >= 4 is 10.0 Å². The molecule has 0 amide bonds. The van der Waals surface area contributed by atoms with Crippen LogP contribution in [0.2, 0.25) is 0 Å². The van der Waals surface area contributed by atoms with Gasteiger partial charge in [-0.15, -0.1) is 0 Å². The molecule has 0 heterocycles. The Morgan fingerprint density at radius 3 is 2.31 bits per heavy atom. The number of hydrogen-bond acceptors (Lipinski definition) is 4. The van der Waals surface area contributed by atoms with E-state index in [1.54, 1.807) is 19.1 Å². The standard InChI is InChI=1S/C7H11N3O2S/c1-3-7(2,6-9)13(11,12)10-5-4-8/h10H,3,5H2,1-2H3. The van der Waals surface area contributed by atoms with E-state index in [9.17, 15) is 8.42 Å². The van der Waals surface area contributed by atoms with Gasteiger partial charge in [-0.1, -0.05) is 6.92 Å². The second kappa shape index (κ2) is 4.22. The maximum Gasteiger partial charge on any atom is 0.231 e. The minimum atomic E-state index is -3.72. The fourth-order valence-electron chi connectivity index (χ4n) is 0.616. The average molecular weight is 201 g/mol. The van der Waals surface area contributed by atoms with Gasteiger partial charge < -0.3 is 0 Å². The van der Waals surface area contributed by atoms with Crippen LogP contribution >= 0.6 is 0 Å². The highest BCUT2D eigenvalue weighted by Crippen LogP contribution is 2.18. The number of nitriles is 2. The van der Waals surface area contributed by atoms with Crippen LogP contribution in [0.5, 0.6) is 0 Å². The van der Waals surface area contributed by atoms with Gasteiger partial charge in [0.2, 0.25) is 10.0 Å². The molecule has 0 aliphatic rings. The van der Waals surface area contributed by atoms with E-state index < -0.39 is 14.8 Å². The first-order valence-electron chi connectivity index (χ1n) is 3.71. The summed E-state index contributed by atoms with van der Waals surface area (Å²) in [5.74, 6) is 0. The molecule has 5 nitrogen and oxygen atoms in total. The Bertz CT molecular complexity index is 349. The van der Waals surface area contributed by atoms with Crippen molar-refractivity contribution in [2.75, 3.05) is 6.54 Å². The molecule has 0 saturated heterocycles. The lowest BCUT2D eigenvalue weighted by atomic mass is 10.1. The van der Waals surface area contributed by atoms with E-state index in [1.165, 1.54) is 6.92 Å². The summed E-state index contributed by atoms with van der Waals surface area (Å²) in [5, 5.41) is 16.8. The Hall–Kier alpha value is -1.11. The van der Waals surface area contributed by atoms with Crippen molar-refractivity contribution < 1.29 is 8.42 Å².